The minimum Gasteiger partial charge on any atom is -0.309 e. The molecule has 0 aliphatic carbocycles. The molecule has 1 aromatic heterocycles. The van der Waals surface area contributed by atoms with E-state index in [2.05, 4.69) is 21.1 Å². The normalized spacial score (nSPS) is 10.1. The maximum Gasteiger partial charge on any atom is 0.0451 e. The zero-order valence-electron chi connectivity index (χ0n) is 6.99. The largest absolute Gasteiger partial charge is 0.309 e. The summed E-state index contributed by atoms with van der Waals surface area (Å²) in [5.41, 5.74) is 1.26. The van der Waals surface area contributed by atoms with Gasteiger partial charge in [0, 0.05) is 24.7 Å². The summed E-state index contributed by atoms with van der Waals surface area (Å²) in [5, 5.41) is 5.33. The summed E-state index contributed by atoms with van der Waals surface area (Å²) in [6.07, 6.45) is 6.03. The second kappa shape index (κ2) is 7.28. The fourth-order valence-corrected chi connectivity index (χ4v) is 1.27. The van der Waals surface area contributed by atoms with Gasteiger partial charge in [0.25, 0.3) is 0 Å². The molecular formula is C8H13ClN2S. The van der Waals surface area contributed by atoms with Crippen LogP contribution in [0.3, 0.4) is 0 Å². The molecule has 0 aliphatic heterocycles. The smallest absolute Gasteiger partial charge is 0.0451 e. The summed E-state index contributed by atoms with van der Waals surface area (Å²) in [7, 11) is 0. The number of nitrogens with zero attached hydrogens (tertiary/aromatic N) is 1. The molecule has 0 aromatic carbocycles. The molecule has 0 saturated carbocycles. The van der Waals surface area contributed by atoms with Gasteiger partial charge in [0.05, 0.1) is 0 Å². The van der Waals surface area contributed by atoms with Crippen molar-refractivity contribution in [1.29, 1.82) is 0 Å². The lowest BCUT2D eigenvalue weighted by molar-refractivity contribution is 0.760. The van der Waals surface area contributed by atoms with Crippen LogP contribution in [0.5, 0.6) is 0 Å². The average Bonchev–Trinajstić information content (AvgIpc) is 2.50. The molecule has 12 heavy (non-hydrogen) atoms. The third-order valence-electron chi connectivity index (χ3n) is 1.31. The van der Waals surface area contributed by atoms with E-state index in [4.69, 9.17) is 0 Å². The number of aromatic nitrogens is 1. The third-order valence-corrected chi connectivity index (χ3v) is 1.95. The highest BCUT2D eigenvalue weighted by Crippen LogP contribution is 1.99. The molecule has 0 amide bonds. The van der Waals surface area contributed by atoms with Crippen LogP contribution in [0, 0.1) is 0 Å². The van der Waals surface area contributed by atoms with E-state index in [0.29, 0.717) is 0 Å². The van der Waals surface area contributed by atoms with Crippen LogP contribution in [0.1, 0.15) is 12.5 Å². The van der Waals surface area contributed by atoms with E-state index in [1.165, 1.54) is 17.1 Å². The van der Waals surface area contributed by atoms with Crippen molar-refractivity contribution in [3.63, 3.8) is 0 Å². The number of rotatable bonds is 4. The first kappa shape index (κ1) is 11.6. The fourth-order valence-electron chi connectivity index (χ4n) is 0.732. The summed E-state index contributed by atoms with van der Waals surface area (Å²) in [4.78, 5) is 0. The molecule has 1 aromatic rings. The van der Waals surface area contributed by atoms with E-state index in [9.17, 15) is 0 Å². The van der Waals surface area contributed by atoms with Crippen LogP contribution in [0.15, 0.2) is 23.7 Å². The molecular weight excluding hydrogens is 192 g/mol. The van der Waals surface area contributed by atoms with Gasteiger partial charge in [0.15, 0.2) is 0 Å². The number of halogens is 1. The molecule has 0 radical (unpaired) electrons. The van der Waals surface area contributed by atoms with E-state index >= 15 is 0 Å². The molecule has 0 fully saturated rings. The molecule has 1 heterocycles. The zero-order valence-corrected chi connectivity index (χ0v) is 8.62. The van der Waals surface area contributed by atoms with E-state index in [1.54, 1.807) is 0 Å². The summed E-state index contributed by atoms with van der Waals surface area (Å²) in [6.45, 7) is 3.88. The van der Waals surface area contributed by atoms with Crippen molar-refractivity contribution in [2.75, 3.05) is 6.54 Å². The first-order valence-electron chi connectivity index (χ1n) is 3.63. The Labute approximate surface area is 83.3 Å². The number of hydrogen-bond acceptors (Lipinski definition) is 3. The van der Waals surface area contributed by atoms with Gasteiger partial charge in [-0.2, -0.15) is 0 Å². The Kier molecular flexibility index (Phi) is 7.05. The molecule has 0 saturated heterocycles. The molecule has 0 bridgehead atoms. The first-order valence-corrected chi connectivity index (χ1v) is 4.47. The van der Waals surface area contributed by atoms with Crippen LogP contribution in [0.2, 0.25) is 0 Å². The molecule has 0 atom stereocenters. The lowest BCUT2D eigenvalue weighted by Gasteiger charge is -1.95. The Morgan fingerprint density at radius 3 is 3.08 bits per heavy atom. The van der Waals surface area contributed by atoms with Crippen molar-refractivity contribution in [2.45, 2.75) is 13.5 Å². The minimum absolute atomic E-state index is 0. The molecule has 4 heteroatoms. The van der Waals surface area contributed by atoms with Crippen molar-refractivity contribution in [2.24, 2.45) is 0 Å². The highest BCUT2D eigenvalue weighted by molar-refractivity contribution is 7.03. The Hall–Kier alpha value is -0.380. The highest BCUT2D eigenvalue weighted by atomic mass is 35.5. The van der Waals surface area contributed by atoms with Crippen LogP contribution in [0.4, 0.5) is 0 Å². The van der Waals surface area contributed by atoms with Gasteiger partial charge in [-0.3, -0.25) is 0 Å². The van der Waals surface area contributed by atoms with Gasteiger partial charge in [0.1, 0.15) is 0 Å². The van der Waals surface area contributed by atoms with Gasteiger partial charge in [-0.1, -0.05) is 12.2 Å². The van der Waals surface area contributed by atoms with Crippen molar-refractivity contribution in [3.8, 4) is 0 Å². The lowest BCUT2D eigenvalue weighted by Crippen LogP contribution is -2.11. The molecule has 1 N–H and O–H groups in total. The van der Waals surface area contributed by atoms with Crippen LogP contribution in [0.25, 0.3) is 0 Å². The molecule has 68 valence electrons. The molecule has 1 rings (SSSR count). The van der Waals surface area contributed by atoms with Crippen LogP contribution in [-0.4, -0.2) is 10.9 Å². The average molecular weight is 205 g/mol. The number of allylic oxidation sites excluding steroid dienone is 1. The van der Waals surface area contributed by atoms with Crippen LogP contribution >= 0.6 is 23.9 Å². The minimum atomic E-state index is 0. The van der Waals surface area contributed by atoms with Crippen molar-refractivity contribution in [3.05, 3.63) is 29.3 Å². The maximum absolute atomic E-state index is 4.00. The molecule has 0 aliphatic rings. The van der Waals surface area contributed by atoms with E-state index in [0.717, 1.165) is 13.1 Å². The predicted octanol–water partition coefficient (Wildman–Crippen LogP) is 2.23. The van der Waals surface area contributed by atoms with Gasteiger partial charge in [0.2, 0.25) is 0 Å². The first-order chi connectivity index (χ1) is 5.43. The van der Waals surface area contributed by atoms with Gasteiger partial charge >= 0.3 is 0 Å². The number of hydrogen-bond donors (Lipinski definition) is 1. The summed E-state index contributed by atoms with van der Waals surface area (Å²) in [6, 6.07) is 0. The molecule has 0 unspecified atom stereocenters. The van der Waals surface area contributed by atoms with Gasteiger partial charge < -0.3 is 5.32 Å². The molecule has 2 nitrogen and oxygen atoms in total. The Bertz CT molecular complexity index is 209. The van der Waals surface area contributed by atoms with E-state index < -0.39 is 0 Å². The van der Waals surface area contributed by atoms with Gasteiger partial charge in [-0.05, 0) is 24.0 Å². The second-order valence-corrected chi connectivity index (χ2v) is 2.89. The number of nitrogens with one attached hydrogen (secondary N) is 1. The Morgan fingerprint density at radius 1 is 1.67 bits per heavy atom. The Balaban J connectivity index is 0.00000121. The Morgan fingerprint density at radius 2 is 2.50 bits per heavy atom. The third kappa shape index (κ3) is 4.49. The second-order valence-electron chi connectivity index (χ2n) is 2.23. The monoisotopic (exact) mass is 204 g/mol. The standard InChI is InChI=1S/C8H12N2S.ClH/c1-2-3-4-9-5-8-6-10-11-7-8;/h2-3,6-7,9H,4-5H2,1H3;1H/b3-2+;. The van der Waals surface area contributed by atoms with Crippen molar-refractivity contribution in [1.82, 2.24) is 9.69 Å². The van der Waals surface area contributed by atoms with E-state index in [-0.39, 0.29) is 12.4 Å². The summed E-state index contributed by atoms with van der Waals surface area (Å²) >= 11 is 1.50. The summed E-state index contributed by atoms with van der Waals surface area (Å²) in [5.74, 6) is 0. The van der Waals surface area contributed by atoms with Gasteiger partial charge in [-0.15, -0.1) is 12.4 Å². The fraction of sp³-hybridized carbons (Fsp3) is 0.375. The highest BCUT2D eigenvalue weighted by Gasteiger charge is 1.89. The SMILES string of the molecule is C/C=C/CNCc1cnsc1.Cl. The maximum atomic E-state index is 4.00. The zero-order chi connectivity index (χ0) is 7.94. The topological polar surface area (TPSA) is 24.9 Å². The quantitative estimate of drug-likeness (QED) is 0.601. The van der Waals surface area contributed by atoms with Crippen LogP contribution < -0.4 is 5.32 Å². The molecule has 0 spiro atoms. The van der Waals surface area contributed by atoms with Crippen LogP contribution in [-0.2, 0) is 6.54 Å². The van der Waals surface area contributed by atoms with E-state index in [1.807, 2.05) is 19.2 Å². The van der Waals surface area contributed by atoms with Crippen molar-refractivity contribution < 1.29 is 0 Å². The van der Waals surface area contributed by atoms with Gasteiger partial charge in [-0.25, -0.2) is 4.37 Å². The predicted molar refractivity (Wildman–Crippen MR) is 55.9 cm³/mol. The summed E-state index contributed by atoms with van der Waals surface area (Å²) < 4.78 is 4.00. The lowest BCUT2D eigenvalue weighted by atomic mass is 10.4. The van der Waals surface area contributed by atoms with Crippen molar-refractivity contribution >= 4 is 23.9 Å².